The van der Waals surface area contributed by atoms with E-state index in [0.29, 0.717) is 12.2 Å². The summed E-state index contributed by atoms with van der Waals surface area (Å²) in [6, 6.07) is 17.0. The summed E-state index contributed by atoms with van der Waals surface area (Å²) in [5.41, 5.74) is 2.44. The van der Waals surface area contributed by atoms with Crippen molar-refractivity contribution in [2.45, 2.75) is 57.7 Å². The Morgan fingerprint density at radius 2 is 1.77 bits per heavy atom. The van der Waals surface area contributed by atoms with Crippen LogP contribution in [0.15, 0.2) is 66.0 Å². The van der Waals surface area contributed by atoms with Crippen molar-refractivity contribution in [2.75, 3.05) is 11.9 Å². The number of carbonyl (C=O) groups excluding carboxylic acids is 2. The van der Waals surface area contributed by atoms with E-state index in [2.05, 4.69) is 10.6 Å². The topological polar surface area (TPSA) is 61.4 Å². The van der Waals surface area contributed by atoms with Crippen molar-refractivity contribution >= 4 is 28.8 Å². The molecule has 4 rings (SSSR count). The second-order valence-electron chi connectivity index (χ2n) is 9.06. The molecule has 0 saturated heterocycles. The maximum absolute atomic E-state index is 13.8. The van der Waals surface area contributed by atoms with E-state index in [0.717, 1.165) is 41.7 Å². The van der Waals surface area contributed by atoms with E-state index in [1.54, 1.807) is 28.4 Å². The van der Waals surface area contributed by atoms with Crippen LogP contribution in [-0.2, 0) is 16.1 Å². The molecule has 2 amide bonds. The third-order valence-corrected chi connectivity index (χ3v) is 7.37. The maximum Gasteiger partial charge on any atom is 0.247 e. The minimum atomic E-state index is -0.747. The highest BCUT2D eigenvalue weighted by Gasteiger charge is 2.33. The van der Waals surface area contributed by atoms with Gasteiger partial charge in [0.15, 0.2) is 0 Å². The maximum atomic E-state index is 13.8. The van der Waals surface area contributed by atoms with Crippen LogP contribution >= 0.6 is 11.3 Å². The first-order valence-corrected chi connectivity index (χ1v) is 13.1. The zero-order chi connectivity index (χ0) is 24.6. The zero-order valence-electron chi connectivity index (χ0n) is 20.0. The lowest BCUT2D eigenvalue weighted by Crippen LogP contribution is -2.48. The van der Waals surface area contributed by atoms with Crippen LogP contribution in [0.1, 0.15) is 54.1 Å². The number of nitrogens with one attached hydrogen (secondary N) is 2. The van der Waals surface area contributed by atoms with E-state index in [9.17, 15) is 14.0 Å². The molecule has 5 nitrogen and oxygen atoms in total. The Balaban J connectivity index is 1.63. The predicted molar refractivity (Wildman–Crippen MR) is 139 cm³/mol. The smallest absolute Gasteiger partial charge is 0.247 e. The van der Waals surface area contributed by atoms with Gasteiger partial charge in [-0.1, -0.05) is 49.6 Å². The molecule has 2 N–H and O–H groups in total. The Bertz CT molecular complexity index is 1110. The quantitative estimate of drug-likeness (QED) is 0.394. The van der Waals surface area contributed by atoms with Crippen molar-refractivity contribution in [3.05, 3.63) is 87.9 Å². The van der Waals surface area contributed by atoms with Crippen LogP contribution in [-0.4, -0.2) is 29.3 Å². The van der Waals surface area contributed by atoms with Crippen LogP contribution in [0.25, 0.3) is 0 Å². The van der Waals surface area contributed by atoms with Gasteiger partial charge in [-0.15, -0.1) is 11.3 Å². The molecule has 3 aromatic rings. The number of carbonyl (C=O) groups is 2. The number of amides is 2. The van der Waals surface area contributed by atoms with Crippen molar-refractivity contribution in [3.8, 4) is 0 Å². The standard InChI is InChI=1S/C28H32FN3O2S/c1-20-8-5-6-12-25(20)27(28(34)31-23-9-3-2-4-10-23)32(19-24-11-7-17-35-24)26(33)18-30-22-15-13-21(29)14-16-22/h5-8,11-17,23,27,30H,2-4,9-10,18-19H2,1H3,(H,31,34). The first-order chi connectivity index (χ1) is 17.0. The fourth-order valence-electron chi connectivity index (χ4n) is 4.61. The first-order valence-electron chi connectivity index (χ1n) is 12.2. The van der Waals surface area contributed by atoms with Crippen molar-refractivity contribution in [1.29, 1.82) is 0 Å². The van der Waals surface area contributed by atoms with Crippen molar-refractivity contribution in [2.24, 2.45) is 0 Å². The van der Waals surface area contributed by atoms with E-state index < -0.39 is 6.04 Å². The Morgan fingerprint density at radius 3 is 2.46 bits per heavy atom. The zero-order valence-corrected chi connectivity index (χ0v) is 20.8. The lowest BCUT2D eigenvalue weighted by Gasteiger charge is -2.34. The van der Waals surface area contributed by atoms with E-state index >= 15 is 0 Å². The Hall–Kier alpha value is -3.19. The summed E-state index contributed by atoms with van der Waals surface area (Å²) in [7, 11) is 0. The Labute approximate surface area is 210 Å². The lowest BCUT2D eigenvalue weighted by atomic mass is 9.94. The minimum absolute atomic E-state index is 0.00387. The van der Waals surface area contributed by atoms with E-state index in [1.165, 1.54) is 18.6 Å². The van der Waals surface area contributed by atoms with Gasteiger partial charge in [-0.05, 0) is 66.6 Å². The third kappa shape index (κ3) is 6.69. The number of halogens is 1. The Morgan fingerprint density at radius 1 is 1.03 bits per heavy atom. The molecule has 1 aromatic heterocycles. The summed E-state index contributed by atoms with van der Waals surface area (Å²) < 4.78 is 13.3. The van der Waals surface area contributed by atoms with Crippen molar-refractivity contribution in [3.63, 3.8) is 0 Å². The largest absolute Gasteiger partial charge is 0.376 e. The molecule has 1 atom stereocenters. The highest BCUT2D eigenvalue weighted by Crippen LogP contribution is 2.29. The van der Waals surface area contributed by atoms with Gasteiger partial charge in [0.2, 0.25) is 11.8 Å². The van der Waals surface area contributed by atoms with Gasteiger partial charge in [-0.2, -0.15) is 0 Å². The number of nitrogens with zero attached hydrogens (tertiary/aromatic N) is 1. The predicted octanol–water partition coefficient (Wildman–Crippen LogP) is 5.83. The molecule has 1 aliphatic rings. The third-order valence-electron chi connectivity index (χ3n) is 6.51. The summed E-state index contributed by atoms with van der Waals surface area (Å²) >= 11 is 1.56. The van der Waals surface area contributed by atoms with Crippen LogP contribution in [0.4, 0.5) is 10.1 Å². The lowest BCUT2D eigenvalue weighted by molar-refractivity contribution is -0.140. The summed E-state index contributed by atoms with van der Waals surface area (Å²) in [6.45, 7) is 2.30. The Kier molecular flexibility index (Phi) is 8.53. The van der Waals surface area contributed by atoms with Crippen LogP contribution < -0.4 is 10.6 Å². The van der Waals surface area contributed by atoms with Gasteiger partial charge in [0.1, 0.15) is 11.9 Å². The second kappa shape index (κ2) is 12.0. The summed E-state index contributed by atoms with van der Waals surface area (Å²) in [5, 5.41) is 8.31. The number of anilines is 1. The average molecular weight is 494 g/mol. The molecule has 0 spiro atoms. The molecular formula is C28H32FN3O2S. The molecule has 7 heteroatoms. The summed E-state index contributed by atoms with van der Waals surface area (Å²) in [5.74, 6) is -0.673. The SMILES string of the molecule is Cc1ccccc1C(C(=O)NC1CCCCC1)N(Cc1cccs1)C(=O)CNc1ccc(F)cc1. The van der Waals surface area contributed by atoms with Crippen LogP contribution in [0.2, 0.25) is 0 Å². The molecule has 184 valence electrons. The number of benzene rings is 2. The van der Waals surface area contributed by atoms with Crippen LogP contribution in [0, 0.1) is 12.7 Å². The first kappa shape index (κ1) is 24.9. The van der Waals surface area contributed by atoms with Gasteiger partial charge in [-0.25, -0.2) is 4.39 Å². The van der Waals surface area contributed by atoms with Crippen molar-refractivity contribution in [1.82, 2.24) is 10.2 Å². The summed E-state index contributed by atoms with van der Waals surface area (Å²) in [6.07, 6.45) is 5.36. The fourth-order valence-corrected chi connectivity index (χ4v) is 5.31. The van der Waals surface area contributed by atoms with Crippen molar-refractivity contribution < 1.29 is 14.0 Å². The van der Waals surface area contributed by atoms with Crippen LogP contribution in [0.3, 0.4) is 0 Å². The molecule has 35 heavy (non-hydrogen) atoms. The number of rotatable bonds is 9. The van der Waals surface area contributed by atoms with E-state index in [4.69, 9.17) is 0 Å². The number of thiophene rings is 1. The molecule has 0 aliphatic heterocycles. The number of hydrogen-bond donors (Lipinski definition) is 2. The normalized spacial score (nSPS) is 14.8. The van der Waals surface area contributed by atoms with Gasteiger partial charge in [0, 0.05) is 16.6 Å². The number of hydrogen-bond acceptors (Lipinski definition) is 4. The monoisotopic (exact) mass is 493 g/mol. The molecule has 1 unspecified atom stereocenters. The highest BCUT2D eigenvalue weighted by molar-refractivity contribution is 7.09. The van der Waals surface area contributed by atoms with Gasteiger partial charge < -0.3 is 15.5 Å². The molecule has 1 aliphatic carbocycles. The van der Waals surface area contributed by atoms with E-state index in [1.807, 2.05) is 48.7 Å². The molecule has 1 saturated carbocycles. The molecular weight excluding hydrogens is 461 g/mol. The average Bonchev–Trinajstić information content (AvgIpc) is 3.38. The van der Waals surface area contributed by atoms with Gasteiger partial charge in [0.25, 0.3) is 0 Å². The molecule has 1 fully saturated rings. The highest BCUT2D eigenvalue weighted by atomic mass is 32.1. The fraction of sp³-hybridized carbons (Fsp3) is 0.357. The van der Waals surface area contributed by atoms with E-state index in [-0.39, 0.29) is 30.2 Å². The molecule has 1 heterocycles. The molecule has 0 bridgehead atoms. The molecule has 0 radical (unpaired) electrons. The summed E-state index contributed by atoms with van der Waals surface area (Å²) in [4.78, 5) is 30.1. The van der Waals surface area contributed by atoms with Gasteiger partial charge in [-0.3, -0.25) is 9.59 Å². The number of aryl methyl sites for hydroxylation is 1. The van der Waals surface area contributed by atoms with Crippen LogP contribution in [0.5, 0.6) is 0 Å². The minimum Gasteiger partial charge on any atom is -0.376 e. The van der Waals surface area contributed by atoms with Gasteiger partial charge in [0.05, 0.1) is 13.1 Å². The van der Waals surface area contributed by atoms with Gasteiger partial charge >= 0.3 is 0 Å². The second-order valence-corrected chi connectivity index (χ2v) is 10.1. The molecule has 2 aromatic carbocycles.